The molecular weight excluding hydrogens is 299 g/mol. The van der Waals surface area contributed by atoms with Gasteiger partial charge in [-0.1, -0.05) is 6.92 Å². The van der Waals surface area contributed by atoms with Crippen LogP contribution in [0.2, 0.25) is 0 Å². The van der Waals surface area contributed by atoms with E-state index in [0.717, 1.165) is 35.7 Å². The molecule has 2 rings (SSSR count). The standard InChI is InChI=1S/C17H23FN2OS/c1-4-15(21)9-10-19-11(2)16-12(3)20-17(22-16)13-5-7-14(18)8-6-13/h5-8,11,15,19,21H,4,9-10H2,1-3H3. The second kappa shape index (κ2) is 7.81. The number of rotatable bonds is 7. The summed E-state index contributed by atoms with van der Waals surface area (Å²) in [7, 11) is 0. The number of aromatic nitrogens is 1. The van der Waals surface area contributed by atoms with Gasteiger partial charge in [-0.15, -0.1) is 11.3 Å². The Morgan fingerprint density at radius 2 is 2.00 bits per heavy atom. The maximum Gasteiger partial charge on any atom is 0.123 e. The number of aliphatic hydroxyl groups is 1. The Kier molecular flexibility index (Phi) is 6.06. The highest BCUT2D eigenvalue weighted by Gasteiger charge is 2.15. The van der Waals surface area contributed by atoms with Crippen molar-refractivity contribution < 1.29 is 9.50 Å². The van der Waals surface area contributed by atoms with E-state index >= 15 is 0 Å². The van der Waals surface area contributed by atoms with Crippen LogP contribution in [0, 0.1) is 12.7 Å². The number of benzene rings is 1. The van der Waals surface area contributed by atoms with Crippen molar-refractivity contribution in [2.45, 2.75) is 45.8 Å². The molecule has 2 N–H and O–H groups in total. The number of thiazole rings is 1. The Morgan fingerprint density at radius 1 is 1.32 bits per heavy atom. The van der Waals surface area contributed by atoms with E-state index in [2.05, 4.69) is 17.2 Å². The van der Waals surface area contributed by atoms with Crippen molar-refractivity contribution in [2.75, 3.05) is 6.54 Å². The topological polar surface area (TPSA) is 45.1 Å². The van der Waals surface area contributed by atoms with Gasteiger partial charge < -0.3 is 10.4 Å². The van der Waals surface area contributed by atoms with Crippen molar-refractivity contribution in [3.63, 3.8) is 0 Å². The molecule has 120 valence electrons. The molecule has 0 saturated heterocycles. The first-order valence-electron chi connectivity index (χ1n) is 7.66. The number of nitrogens with zero attached hydrogens (tertiary/aromatic N) is 1. The maximum absolute atomic E-state index is 13.0. The molecule has 0 amide bonds. The summed E-state index contributed by atoms with van der Waals surface area (Å²) in [6, 6.07) is 6.62. The third-order valence-corrected chi connectivity index (χ3v) is 5.11. The molecule has 22 heavy (non-hydrogen) atoms. The summed E-state index contributed by atoms with van der Waals surface area (Å²) < 4.78 is 13.0. The monoisotopic (exact) mass is 322 g/mol. The molecule has 2 unspecified atom stereocenters. The molecule has 0 aliphatic carbocycles. The highest BCUT2D eigenvalue weighted by atomic mass is 32.1. The Hall–Kier alpha value is -1.30. The second-order valence-electron chi connectivity index (χ2n) is 5.50. The minimum atomic E-state index is -0.239. The van der Waals surface area contributed by atoms with Crippen LogP contribution in [0.15, 0.2) is 24.3 Å². The molecular formula is C17H23FN2OS. The van der Waals surface area contributed by atoms with E-state index in [9.17, 15) is 9.50 Å². The number of aryl methyl sites for hydroxylation is 1. The predicted octanol–water partition coefficient (Wildman–Crippen LogP) is 4.07. The number of aliphatic hydroxyl groups excluding tert-OH is 1. The largest absolute Gasteiger partial charge is 0.393 e. The van der Waals surface area contributed by atoms with Crippen LogP contribution in [0.3, 0.4) is 0 Å². The van der Waals surface area contributed by atoms with Gasteiger partial charge in [0.25, 0.3) is 0 Å². The smallest absolute Gasteiger partial charge is 0.123 e. The van der Waals surface area contributed by atoms with Crippen molar-refractivity contribution in [3.05, 3.63) is 40.7 Å². The van der Waals surface area contributed by atoms with Gasteiger partial charge in [0.05, 0.1) is 11.8 Å². The molecule has 0 saturated carbocycles. The van der Waals surface area contributed by atoms with Crippen molar-refractivity contribution in [2.24, 2.45) is 0 Å². The number of nitrogens with one attached hydrogen (secondary N) is 1. The average Bonchev–Trinajstić information content (AvgIpc) is 2.89. The van der Waals surface area contributed by atoms with E-state index < -0.39 is 0 Å². The summed E-state index contributed by atoms with van der Waals surface area (Å²) in [5.41, 5.74) is 1.94. The van der Waals surface area contributed by atoms with Gasteiger partial charge in [0, 0.05) is 16.5 Å². The lowest BCUT2D eigenvalue weighted by Crippen LogP contribution is -2.23. The molecule has 0 radical (unpaired) electrons. The van der Waals surface area contributed by atoms with E-state index in [-0.39, 0.29) is 18.0 Å². The van der Waals surface area contributed by atoms with E-state index in [1.807, 2.05) is 13.8 Å². The SMILES string of the molecule is CCC(O)CCNC(C)c1sc(-c2ccc(F)cc2)nc1C. The molecule has 0 aliphatic heterocycles. The third kappa shape index (κ3) is 4.35. The average molecular weight is 322 g/mol. The summed E-state index contributed by atoms with van der Waals surface area (Å²) in [5.74, 6) is -0.234. The van der Waals surface area contributed by atoms with Crippen molar-refractivity contribution in [1.29, 1.82) is 0 Å². The zero-order valence-corrected chi connectivity index (χ0v) is 14.1. The van der Waals surface area contributed by atoms with Gasteiger partial charge in [-0.3, -0.25) is 0 Å². The van der Waals surface area contributed by atoms with Crippen LogP contribution in [0.5, 0.6) is 0 Å². The zero-order chi connectivity index (χ0) is 16.1. The molecule has 1 heterocycles. The van der Waals surface area contributed by atoms with Crippen LogP contribution in [-0.2, 0) is 0 Å². The van der Waals surface area contributed by atoms with Crippen LogP contribution >= 0.6 is 11.3 Å². The first kappa shape index (κ1) is 17.1. The van der Waals surface area contributed by atoms with Gasteiger partial charge in [-0.05, 0) is 57.5 Å². The maximum atomic E-state index is 13.0. The molecule has 5 heteroatoms. The zero-order valence-electron chi connectivity index (χ0n) is 13.3. The number of hydrogen-bond acceptors (Lipinski definition) is 4. The molecule has 3 nitrogen and oxygen atoms in total. The first-order valence-corrected chi connectivity index (χ1v) is 8.47. The predicted molar refractivity (Wildman–Crippen MR) is 89.6 cm³/mol. The van der Waals surface area contributed by atoms with Crippen LogP contribution in [-0.4, -0.2) is 22.7 Å². The number of hydrogen-bond donors (Lipinski definition) is 2. The van der Waals surface area contributed by atoms with E-state index in [1.54, 1.807) is 23.5 Å². The van der Waals surface area contributed by atoms with Crippen LogP contribution < -0.4 is 5.32 Å². The highest BCUT2D eigenvalue weighted by molar-refractivity contribution is 7.15. The van der Waals surface area contributed by atoms with Crippen molar-refractivity contribution >= 4 is 11.3 Å². The summed E-state index contributed by atoms with van der Waals surface area (Å²) in [4.78, 5) is 5.78. The first-order chi connectivity index (χ1) is 10.5. The van der Waals surface area contributed by atoms with Crippen LogP contribution in [0.25, 0.3) is 10.6 Å². The van der Waals surface area contributed by atoms with Crippen LogP contribution in [0.1, 0.15) is 43.3 Å². The van der Waals surface area contributed by atoms with E-state index in [1.165, 1.54) is 17.0 Å². The lowest BCUT2D eigenvalue weighted by atomic mass is 10.2. The number of halogens is 1. The molecule has 0 bridgehead atoms. The van der Waals surface area contributed by atoms with E-state index in [0.29, 0.717) is 0 Å². The Labute approximate surface area is 135 Å². The molecule has 0 spiro atoms. The minimum Gasteiger partial charge on any atom is -0.393 e. The van der Waals surface area contributed by atoms with Crippen LogP contribution in [0.4, 0.5) is 4.39 Å². The molecule has 1 aromatic heterocycles. The van der Waals surface area contributed by atoms with E-state index in [4.69, 9.17) is 0 Å². The van der Waals surface area contributed by atoms with Gasteiger partial charge in [-0.2, -0.15) is 0 Å². The molecule has 2 atom stereocenters. The summed E-state index contributed by atoms with van der Waals surface area (Å²) >= 11 is 1.63. The normalized spacial score (nSPS) is 14.0. The fourth-order valence-electron chi connectivity index (χ4n) is 2.29. The molecule has 0 aliphatic rings. The van der Waals surface area contributed by atoms with Gasteiger partial charge in [0.1, 0.15) is 10.8 Å². The Morgan fingerprint density at radius 3 is 2.64 bits per heavy atom. The minimum absolute atomic E-state index is 0.191. The summed E-state index contributed by atoms with van der Waals surface area (Å²) in [5, 5.41) is 13.9. The van der Waals surface area contributed by atoms with Crippen molar-refractivity contribution in [1.82, 2.24) is 10.3 Å². The lowest BCUT2D eigenvalue weighted by Gasteiger charge is -2.14. The van der Waals surface area contributed by atoms with Gasteiger partial charge in [0.2, 0.25) is 0 Å². The Balaban J connectivity index is 2.04. The molecule has 2 aromatic rings. The summed E-state index contributed by atoms with van der Waals surface area (Å²) in [6.07, 6.45) is 1.30. The van der Waals surface area contributed by atoms with Gasteiger partial charge in [0.15, 0.2) is 0 Å². The summed E-state index contributed by atoms with van der Waals surface area (Å²) in [6.45, 7) is 6.86. The fourth-order valence-corrected chi connectivity index (χ4v) is 3.39. The van der Waals surface area contributed by atoms with Crippen molar-refractivity contribution in [3.8, 4) is 10.6 Å². The second-order valence-corrected chi connectivity index (χ2v) is 6.53. The fraction of sp³-hybridized carbons (Fsp3) is 0.471. The van der Waals surface area contributed by atoms with Gasteiger partial charge >= 0.3 is 0 Å². The molecule has 0 fully saturated rings. The third-order valence-electron chi connectivity index (χ3n) is 3.72. The van der Waals surface area contributed by atoms with Gasteiger partial charge in [-0.25, -0.2) is 9.37 Å². The Bertz CT molecular complexity index is 597. The highest BCUT2D eigenvalue weighted by Crippen LogP contribution is 2.31. The quantitative estimate of drug-likeness (QED) is 0.808. The molecule has 1 aromatic carbocycles. The lowest BCUT2D eigenvalue weighted by molar-refractivity contribution is 0.159.